The molecule has 0 radical (unpaired) electrons. The van der Waals surface area contributed by atoms with Crippen molar-refractivity contribution >= 4 is 17.8 Å². The first kappa shape index (κ1) is 31.9. The van der Waals surface area contributed by atoms with E-state index in [2.05, 4.69) is 5.32 Å². The van der Waals surface area contributed by atoms with Gasteiger partial charge in [0.1, 0.15) is 12.1 Å². The second-order valence-electron chi connectivity index (χ2n) is 10.5. The van der Waals surface area contributed by atoms with Crippen molar-refractivity contribution in [3.05, 3.63) is 0 Å². The second kappa shape index (κ2) is 12.1. The number of halogens is 6. The first-order valence-corrected chi connectivity index (χ1v) is 10.6. The summed E-state index contributed by atoms with van der Waals surface area (Å²) in [6, 6.07) is -5.06. The van der Waals surface area contributed by atoms with Gasteiger partial charge >= 0.3 is 5.97 Å². The number of nitrogens with one attached hydrogen (secondary N) is 2. The van der Waals surface area contributed by atoms with Gasteiger partial charge < -0.3 is 21.5 Å². The number of carboxylic acid groups (broad SMARTS) is 1. The molecule has 0 aromatic carbocycles. The molecule has 0 spiro atoms. The van der Waals surface area contributed by atoms with Gasteiger partial charge in [-0.15, -0.1) is 0 Å². The van der Waals surface area contributed by atoms with E-state index in [1.807, 2.05) is 5.32 Å². The maximum atomic E-state index is 13.4. The van der Waals surface area contributed by atoms with E-state index in [-0.39, 0.29) is 0 Å². The van der Waals surface area contributed by atoms with Gasteiger partial charge in [0, 0.05) is 16.2 Å². The van der Waals surface area contributed by atoms with E-state index in [1.165, 1.54) is 0 Å². The summed E-state index contributed by atoms with van der Waals surface area (Å²) >= 11 is 0. The molecule has 0 rings (SSSR count). The van der Waals surface area contributed by atoms with E-state index < -0.39 is 90.7 Å². The van der Waals surface area contributed by atoms with E-state index >= 15 is 0 Å². The number of carboxylic acids is 1. The van der Waals surface area contributed by atoms with E-state index in [0.29, 0.717) is 0 Å². The number of carbonyl (C=O) groups excluding carboxylic acids is 2. The minimum Gasteiger partial charge on any atom is -0.480 e. The molecule has 2 amide bonds. The lowest BCUT2D eigenvalue weighted by molar-refractivity contribution is -0.144. The fraction of sp³-hybridized carbons (Fsp3) is 0.857. The summed E-state index contributed by atoms with van der Waals surface area (Å²) in [5, 5.41) is 13.5. The van der Waals surface area contributed by atoms with Crippen LogP contribution < -0.4 is 16.4 Å². The van der Waals surface area contributed by atoms with Crippen LogP contribution in [-0.2, 0) is 14.4 Å². The largest absolute Gasteiger partial charge is 0.480 e. The van der Waals surface area contributed by atoms with Crippen LogP contribution in [0.5, 0.6) is 0 Å². The number of rotatable bonds is 14. The molecular weight excluding hydrogens is 472 g/mol. The van der Waals surface area contributed by atoms with Crippen molar-refractivity contribution in [2.45, 2.75) is 98.2 Å². The van der Waals surface area contributed by atoms with Crippen LogP contribution in [-0.4, -0.2) is 60.3 Å². The summed E-state index contributed by atoms with van der Waals surface area (Å²) in [6.45, 7) is 6.69. The number of alkyl halides is 6. The fourth-order valence-electron chi connectivity index (χ4n) is 2.94. The van der Waals surface area contributed by atoms with Gasteiger partial charge in [0.25, 0.3) is 0 Å². The molecule has 0 aliphatic rings. The number of hydrogen-bond donors (Lipinski definition) is 4. The third kappa shape index (κ3) is 9.67. The van der Waals surface area contributed by atoms with Crippen molar-refractivity contribution in [1.82, 2.24) is 10.6 Å². The first-order chi connectivity index (χ1) is 15.1. The molecule has 7 nitrogen and oxygen atoms in total. The molecule has 5 N–H and O–H groups in total. The van der Waals surface area contributed by atoms with Crippen molar-refractivity contribution in [3.8, 4) is 0 Å². The highest BCUT2D eigenvalue weighted by Gasteiger charge is 2.41. The quantitative estimate of drug-likeness (QED) is 0.269. The van der Waals surface area contributed by atoms with Crippen LogP contribution in [0.15, 0.2) is 0 Å². The normalized spacial score (nSPS) is 15.9. The van der Waals surface area contributed by atoms with Gasteiger partial charge in [-0.1, -0.05) is 41.5 Å². The SMILES string of the molecule is CC(C)(C[C@H](NC(=O)[C@H](CC(C)(C)C(F)F)NC(=O)[C@@H](N)CC(C)(C)C(F)F)C(=O)O)C(F)F. The monoisotopic (exact) mass is 507 g/mol. The Morgan fingerprint density at radius 1 is 0.676 bits per heavy atom. The highest BCUT2D eigenvalue weighted by atomic mass is 19.3. The minimum atomic E-state index is -2.95. The molecule has 0 aromatic heterocycles. The summed E-state index contributed by atoms with van der Waals surface area (Å²) in [4.78, 5) is 36.8. The zero-order valence-electron chi connectivity index (χ0n) is 20.1. The lowest BCUT2D eigenvalue weighted by atomic mass is 9.84. The van der Waals surface area contributed by atoms with Crippen molar-refractivity contribution in [2.24, 2.45) is 22.0 Å². The Hall–Kier alpha value is -2.05. The highest BCUT2D eigenvalue weighted by Crippen LogP contribution is 2.33. The van der Waals surface area contributed by atoms with E-state index in [1.54, 1.807) is 0 Å². The summed E-state index contributed by atoms with van der Waals surface area (Å²) in [5.74, 6) is -3.94. The Bertz CT molecular complexity index is 717. The molecule has 34 heavy (non-hydrogen) atoms. The van der Waals surface area contributed by atoms with Gasteiger partial charge in [-0.05, 0) is 19.3 Å². The second-order valence-corrected chi connectivity index (χ2v) is 10.5. The fourth-order valence-corrected chi connectivity index (χ4v) is 2.94. The smallest absolute Gasteiger partial charge is 0.326 e. The van der Waals surface area contributed by atoms with Gasteiger partial charge in [0.05, 0.1) is 6.04 Å². The third-order valence-electron chi connectivity index (χ3n) is 5.56. The third-order valence-corrected chi connectivity index (χ3v) is 5.56. The standard InChI is InChI=1S/C21H35F6N3O4/c1-19(2,16(22)23)7-10(28)13(31)29-11(8-20(3,4)17(24)25)14(32)30-12(15(33)34)9-21(5,6)18(26)27/h10-12,16-18H,7-9,28H2,1-6H3,(H,29,31)(H,30,32)(H,33,34)/t10-,11-,12-/m0/s1. The van der Waals surface area contributed by atoms with Gasteiger partial charge in [-0.3, -0.25) is 9.59 Å². The van der Waals surface area contributed by atoms with Crippen molar-refractivity contribution in [2.75, 3.05) is 0 Å². The van der Waals surface area contributed by atoms with Gasteiger partial charge in [0.2, 0.25) is 31.1 Å². The zero-order chi connectivity index (χ0) is 27.2. The number of hydrogen-bond acceptors (Lipinski definition) is 4. The van der Waals surface area contributed by atoms with Crippen molar-refractivity contribution in [1.29, 1.82) is 0 Å². The highest BCUT2D eigenvalue weighted by molar-refractivity contribution is 5.91. The summed E-state index contributed by atoms with van der Waals surface area (Å²) in [5.41, 5.74) is 0.380. The number of amides is 2. The average Bonchev–Trinajstić information content (AvgIpc) is 2.65. The van der Waals surface area contributed by atoms with Crippen LogP contribution in [0.3, 0.4) is 0 Å². The molecule has 0 fully saturated rings. The van der Waals surface area contributed by atoms with Crippen molar-refractivity contribution in [3.63, 3.8) is 0 Å². The number of nitrogens with two attached hydrogens (primary N) is 1. The van der Waals surface area contributed by atoms with E-state index in [4.69, 9.17) is 5.73 Å². The molecule has 13 heteroatoms. The van der Waals surface area contributed by atoms with Crippen molar-refractivity contribution < 1.29 is 45.8 Å². The van der Waals surface area contributed by atoms with Gasteiger partial charge in [0.15, 0.2) is 0 Å². The van der Waals surface area contributed by atoms with Crippen LogP contribution in [0.4, 0.5) is 26.3 Å². The Labute approximate surface area is 195 Å². The molecule has 0 bridgehead atoms. The van der Waals surface area contributed by atoms with Crippen LogP contribution in [0.1, 0.15) is 60.8 Å². The first-order valence-electron chi connectivity index (χ1n) is 10.6. The number of aliphatic carboxylic acids is 1. The molecule has 0 aromatic rings. The van der Waals surface area contributed by atoms with E-state index in [0.717, 1.165) is 41.5 Å². The molecule has 3 atom stereocenters. The molecule has 0 aliphatic heterocycles. The molecule has 0 saturated heterocycles. The van der Waals surface area contributed by atoms with Crippen LogP contribution in [0, 0.1) is 16.2 Å². The predicted octanol–water partition coefficient (Wildman–Crippen LogP) is 3.41. The van der Waals surface area contributed by atoms with Crippen LogP contribution in [0.2, 0.25) is 0 Å². The minimum absolute atomic E-state index is 0.497. The molecule has 0 heterocycles. The summed E-state index contributed by atoms with van der Waals surface area (Å²) < 4.78 is 79.4. The van der Waals surface area contributed by atoms with E-state index in [9.17, 15) is 45.8 Å². The number of carbonyl (C=O) groups is 3. The zero-order valence-corrected chi connectivity index (χ0v) is 20.1. The van der Waals surface area contributed by atoms with Gasteiger partial charge in [-0.2, -0.15) is 0 Å². The summed E-state index contributed by atoms with van der Waals surface area (Å²) in [7, 11) is 0. The predicted molar refractivity (Wildman–Crippen MR) is 113 cm³/mol. The Morgan fingerprint density at radius 2 is 1.00 bits per heavy atom. The van der Waals surface area contributed by atoms with Crippen LogP contribution in [0.25, 0.3) is 0 Å². The Kier molecular flexibility index (Phi) is 11.3. The molecule has 200 valence electrons. The molecule has 0 aliphatic carbocycles. The lowest BCUT2D eigenvalue weighted by Crippen LogP contribution is -2.57. The average molecular weight is 508 g/mol. The maximum Gasteiger partial charge on any atom is 0.326 e. The molecule has 0 saturated carbocycles. The lowest BCUT2D eigenvalue weighted by Gasteiger charge is -2.32. The summed E-state index contributed by atoms with van der Waals surface area (Å²) in [6.07, 6.45) is -10.5. The van der Waals surface area contributed by atoms with Gasteiger partial charge in [-0.25, -0.2) is 31.1 Å². The maximum absolute atomic E-state index is 13.4. The molecular formula is C21H35F6N3O4. The topological polar surface area (TPSA) is 122 Å². The molecule has 0 unspecified atom stereocenters. The van der Waals surface area contributed by atoms with Crippen LogP contribution >= 0.6 is 0 Å². The Balaban J connectivity index is 5.77. The Morgan fingerprint density at radius 3 is 1.35 bits per heavy atom.